The molecule has 3 aromatic heterocycles. The summed E-state index contributed by atoms with van der Waals surface area (Å²) in [5.41, 5.74) is 1.10. The van der Waals surface area contributed by atoms with Gasteiger partial charge >= 0.3 is 0 Å². The van der Waals surface area contributed by atoms with E-state index in [9.17, 15) is 14.0 Å². The minimum atomic E-state index is -0.438. The lowest BCUT2D eigenvalue weighted by atomic mass is 10.1. The molecule has 8 nitrogen and oxygen atoms in total. The molecule has 2 atom stereocenters. The van der Waals surface area contributed by atoms with Crippen molar-refractivity contribution in [2.24, 2.45) is 13.0 Å². The summed E-state index contributed by atoms with van der Waals surface area (Å²) in [5, 5.41) is 7.31. The third kappa shape index (κ3) is 3.58. The van der Waals surface area contributed by atoms with Gasteiger partial charge in [-0.1, -0.05) is 0 Å². The highest BCUT2D eigenvalue weighted by molar-refractivity contribution is 5.99. The quantitative estimate of drug-likeness (QED) is 0.680. The number of rotatable bonds is 5. The van der Waals surface area contributed by atoms with Crippen LogP contribution in [0, 0.1) is 11.7 Å². The molecule has 31 heavy (non-hydrogen) atoms. The highest BCUT2D eigenvalue weighted by Crippen LogP contribution is 2.35. The van der Waals surface area contributed by atoms with Crippen molar-refractivity contribution in [3.63, 3.8) is 0 Å². The van der Waals surface area contributed by atoms with Gasteiger partial charge in [0.1, 0.15) is 17.2 Å². The van der Waals surface area contributed by atoms with Crippen molar-refractivity contribution in [3.05, 3.63) is 58.0 Å². The SMILES string of the molecule is CC(NC(=O)c1cnn2ccc(N3CCCC3c3cc(F)cn(C)c3=O)nc12)C1CC1. The third-order valence-electron chi connectivity index (χ3n) is 6.37. The summed E-state index contributed by atoms with van der Waals surface area (Å²) in [7, 11) is 1.55. The van der Waals surface area contributed by atoms with Crippen molar-refractivity contribution < 1.29 is 9.18 Å². The maximum absolute atomic E-state index is 14.0. The molecule has 1 aliphatic heterocycles. The van der Waals surface area contributed by atoms with Crippen LogP contribution >= 0.6 is 0 Å². The van der Waals surface area contributed by atoms with Crippen molar-refractivity contribution in [2.75, 3.05) is 11.4 Å². The Morgan fingerprint density at radius 3 is 2.90 bits per heavy atom. The van der Waals surface area contributed by atoms with Crippen LogP contribution in [0.2, 0.25) is 0 Å². The molecule has 0 bridgehead atoms. The molecule has 1 saturated heterocycles. The Balaban J connectivity index is 1.48. The van der Waals surface area contributed by atoms with E-state index in [0.717, 1.165) is 25.7 Å². The van der Waals surface area contributed by atoms with Gasteiger partial charge in [-0.3, -0.25) is 9.59 Å². The Bertz CT molecular complexity index is 1210. The number of pyridine rings is 1. The summed E-state index contributed by atoms with van der Waals surface area (Å²) in [6.45, 7) is 2.72. The van der Waals surface area contributed by atoms with Gasteiger partial charge in [0.05, 0.1) is 12.2 Å². The zero-order valence-electron chi connectivity index (χ0n) is 17.6. The van der Waals surface area contributed by atoms with Crippen LogP contribution in [0.4, 0.5) is 10.2 Å². The van der Waals surface area contributed by atoms with Crippen LogP contribution in [-0.2, 0) is 7.05 Å². The predicted octanol–water partition coefficient (Wildman–Crippen LogP) is 2.44. The molecule has 5 rings (SSSR count). The lowest BCUT2D eigenvalue weighted by molar-refractivity contribution is 0.0937. The molecule has 162 valence electrons. The van der Waals surface area contributed by atoms with Gasteiger partial charge in [0, 0.05) is 37.6 Å². The number of nitrogens with zero attached hydrogens (tertiary/aromatic N) is 5. The number of halogens is 1. The van der Waals surface area contributed by atoms with Crippen LogP contribution in [0.3, 0.4) is 0 Å². The van der Waals surface area contributed by atoms with Gasteiger partial charge < -0.3 is 14.8 Å². The summed E-state index contributed by atoms with van der Waals surface area (Å²) in [4.78, 5) is 32.2. The summed E-state index contributed by atoms with van der Waals surface area (Å²) >= 11 is 0. The fourth-order valence-corrected chi connectivity index (χ4v) is 4.48. The first-order chi connectivity index (χ1) is 14.9. The summed E-state index contributed by atoms with van der Waals surface area (Å²) in [5.74, 6) is 0.572. The number of carbonyl (C=O) groups excluding carboxylic acids is 1. The fourth-order valence-electron chi connectivity index (χ4n) is 4.48. The molecule has 1 aliphatic carbocycles. The van der Waals surface area contributed by atoms with E-state index < -0.39 is 5.82 Å². The average Bonchev–Trinajstić information content (AvgIpc) is 3.33. The maximum Gasteiger partial charge on any atom is 0.256 e. The highest BCUT2D eigenvalue weighted by Gasteiger charge is 2.32. The van der Waals surface area contributed by atoms with E-state index in [2.05, 4.69) is 10.4 Å². The predicted molar refractivity (Wildman–Crippen MR) is 114 cm³/mol. The Labute approximate surface area is 178 Å². The summed E-state index contributed by atoms with van der Waals surface area (Å²) < 4.78 is 16.9. The summed E-state index contributed by atoms with van der Waals surface area (Å²) in [6, 6.07) is 2.99. The van der Waals surface area contributed by atoms with Gasteiger partial charge in [-0.15, -0.1) is 0 Å². The molecule has 1 N–H and O–H groups in total. The minimum Gasteiger partial charge on any atom is -0.349 e. The Kier molecular flexibility index (Phi) is 4.75. The van der Waals surface area contributed by atoms with Gasteiger partial charge in [0.25, 0.3) is 11.5 Å². The number of fused-ring (bicyclic) bond motifs is 1. The van der Waals surface area contributed by atoms with Crippen LogP contribution in [-0.4, -0.2) is 37.7 Å². The lowest BCUT2D eigenvalue weighted by Crippen LogP contribution is -2.34. The molecule has 1 saturated carbocycles. The number of aryl methyl sites for hydroxylation is 1. The van der Waals surface area contributed by atoms with Gasteiger partial charge in [-0.05, 0) is 50.7 Å². The first kappa shape index (κ1) is 19.7. The van der Waals surface area contributed by atoms with E-state index in [-0.39, 0.29) is 23.6 Å². The minimum absolute atomic E-state index is 0.123. The Morgan fingerprint density at radius 1 is 1.32 bits per heavy atom. The van der Waals surface area contributed by atoms with E-state index in [4.69, 9.17) is 4.98 Å². The Morgan fingerprint density at radius 2 is 2.13 bits per heavy atom. The molecule has 3 aromatic rings. The first-order valence-electron chi connectivity index (χ1n) is 10.7. The molecule has 0 aromatic carbocycles. The van der Waals surface area contributed by atoms with Crippen molar-refractivity contribution in [1.82, 2.24) is 24.5 Å². The molecule has 2 unspecified atom stereocenters. The lowest BCUT2D eigenvalue weighted by Gasteiger charge is -2.26. The standard InChI is InChI=1S/C22H25FN6O2/c1-13(14-5-6-14)25-21(30)17-11-24-29-9-7-19(26-20(17)29)28-8-3-4-18(28)16-10-15(23)12-27(2)22(16)31/h7,9-14,18H,3-6,8H2,1-2H3,(H,25,30). The van der Waals surface area contributed by atoms with Crippen molar-refractivity contribution in [3.8, 4) is 0 Å². The number of carbonyl (C=O) groups is 1. The zero-order valence-corrected chi connectivity index (χ0v) is 17.6. The molecule has 1 amide bonds. The van der Waals surface area contributed by atoms with E-state index in [1.165, 1.54) is 23.0 Å². The van der Waals surface area contributed by atoms with E-state index in [0.29, 0.717) is 35.1 Å². The molecule has 9 heteroatoms. The smallest absolute Gasteiger partial charge is 0.256 e. The van der Waals surface area contributed by atoms with E-state index >= 15 is 0 Å². The number of hydrogen-bond acceptors (Lipinski definition) is 5. The van der Waals surface area contributed by atoms with Crippen LogP contribution in [0.1, 0.15) is 54.6 Å². The number of amides is 1. The van der Waals surface area contributed by atoms with E-state index in [1.807, 2.05) is 17.9 Å². The summed E-state index contributed by atoms with van der Waals surface area (Å²) in [6.07, 6.45) is 8.38. The molecule has 0 radical (unpaired) electrons. The molecular formula is C22H25FN6O2. The second kappa shape index (κ2) is 7.47. The number of hydrogen-bond donors (Lipinski definition) is 1. The van der Waals surface area contributed by atoms with Gasteiger partial charge in [-0.25, -0.2) is 13.9 Å². The maximum atomic E-state index is 14.0. The molecule has 2 aliphatic rings. The van der Waals surface area contributed by atoms with Crippen molar-refractivity contribution in [1.29, 1.82) is 0 Å². The second-order valence-electron chi connectivity index (χ2n) is 8.59. The van der Waals surface area contributed by atoms with Gasteiger partial charge in [0.2, 0.25) is 0 Å². The number of aromatic nitrogens is 4. The van der Waals surface area contributed by atoms with Crippen LogP contribution < -0.4 is 15.8 Å². The first-order valence-corrected chi connectivity index (χ1v) is 10.7. The monoisotopic (exact) mass is 424 g/mol. The van der Waals surface area contributed by atoms with Crippen molar-refractivity contribution >= 4 is 17.4 Å². The zero-order chi connectivity index (χ0) is 21.7. The number of nitrogens with one attached hydrogen (secondary N) is 1. The van der Waals surface area contributed by atoms with Gasteiger partial charge in [0.15, 0.2) is 5.65 Å². The fraction of sp³-hybridized carbons (Fsp3) is 0.455. The molecule has 0 spiro atoms. The van der Waals surface area contributed by atoms with Crippen molar-refractivity contribution in [2.45, 2.75) is 44.7 Å². The normalized spacial score (nSPS) is 19.7. The topological polar surface area (TPSA) is 84.5 Å². The average molecular weight is 424 g/mol. The van der Waals surface area contributed by atoms with Crippen LogP contribution in [0.15, 0.2) is 35.5 Å². The largest absolute Gasteiger partial charge is 0.349 e. The third-order valence-corrected chi connectivity index (χ3v) is 6.37. The highest BCUT2D eigenvalue weighted by atomic mass is 19.1. The second-order valence-corrected chi connectivity index (χ2v) is 8.59. The molecular weight excluding hydrogens is 399 g/mol. The Hall–Kier alpha value is -3.23. The number of anilines is 1. The molecule has 2 fully saturated rings. The molecule has 4 heterocycles. The van der Waals surface area contributed by atoms with E-state index in [1.54, 1.807) is 17.8 Å². The van der Waals surface area contributed by atoms with Crippen LogP contribution in [0.25, 0.3) is 5.65 Å². The van der Waals surface area contributed by atoms with Gasteiger partial charge in [-0.2, -0.15) is 5.10 Å². The van der Waals surface area contributed by atoms with Crippen LogP contribution in [0.5, 0.6) is 0 Å².